The number of nitrogens with one attached hydrogen (secondary N) is 1. The number of anilines is 2. The molecule has 0 aliphatic heterocycles. The van der Waals surface area contributed by atoms with Crippen LogP contribution in [0.25, 0.3) is 10.4 Å². The summed E-state index contributed by atoms with van der Waals surface area (Å²) in [6.45, 7) is 2.21. The number of amides is 2. The van der Waals surface area contributed by atoms with Gasteiger partial charge >= 0.3 is 5.97 Å². The Labute approximate surface area is 235 Å². The van der Waals surface area contributed by atoms with Gasteiger partial charge in [0, 0.05) is 27.9 Å². The van der Waals surface area contributed by atoms with Crippen LogP contribution in [0.4, 0.5) is 11.4 Å². The fourth-order valence-electron chi connectivity index (χ4n) is 5.61. The van der Waals surface area contributed by atoms with Crippen LogP contribution >= 0.6 is 22.7 Å². The number of carboxylic acid groups (broad SMARTS) is 1. The zero-order chi connectivity index (χ0) is 27.5. The minimum atomic E-state index is -1.06. The van der Waals surface area contributed by atoms with Crippen LogP contribution in [0, 0.1) is 11.8 Å². The molecule has 39 heavy (non-hydrogen) atoms. The summed E-state index contributed by atoms with van der Waals surface area (Å²) in [5.74, 6) is -0.850. The minimum absolute atomic E-state index is 0.00948. The molecule has 10 heteroatoms. The molecule has 2 aliphatic carbocycles. The monoisotopic (exact) mass is 567 g/mol. The zero-order valence-electron chi connectivity index (χ0n) is 21.8. The summed E-state index contributed by atoms with van der Waals surface area (Å²) in [6.07, 6.45) is 5.76. The Hall–Kier alpha value is -3.08. The predicted octanol–water partition coefficient (Wildman–Crippen LogP) is 6.28. The van der Waals surface area contributed by atoms with Crippen molar-refractivity contribution in [2.45, 2.75) is 70.4 Å². The third kappa shape index (κ3) is 6.23. The van der Waals surface area contributed by atoms with Gasteiger partial charge in [0.1, 0.15) is 10.6 Å². The summed E-state index contributed by atoms with van der Waals surface area (Å²) in [5, 5.41) is 24.8. The van der Waals surface area contributed by atoms with Crippen molar-refractivity contribution in [3.63, 3.8) is 0 Å². The number of aromatic carboxylic acids is 1. The van der Waals surface area contributed by atoms with Crippen LogP contribution in [0.3, 0.4) is 0 Å². The Morgan fingerprint density at radius 1 is 1.00 bits per heavy atom. The number of carbonyl (C=O) groups is 3. The Bertz CT molecular complexity index is 1310. The van der Waals surface area contributed by atoms with E-state index in [9.17, 15) is 24.6 Å². The van der Waals surface area contributed by atoms with Gasteiger partial charge in [0.2, 0.25) is 5.91 Å². The fraction of sp³-hybridized carbons (Fsp3) is 0.448. The summed E-state index contributed by atoms with van der Waals surface area (Å²) in [7, 11) is 0. The second-order valence-corrected chi connectivity index (χ2v) is 12.4. The third-order valence-corrected chi connectivity index (χ3v) is 9.64. The minimum Gasteiger partial charge on any atom is -0.477 e. The third-order valence-electron chi connectivity index (χ3n) is 7.89. The molecule has 3 N–H and O–H groups in total. The van der Waals surface area contributed by atoms with Crippen LogP contribution in [-0.4, -0.2) is 45.1 Å². The highest BCUT2D eigenvalue weighted by Crippen LogP contribution is 2.42. The van der Waals surface area contributed by atoms with Crippen LogP contribution in [0.1, 0.15) is 78.5 Å². The highest BCUT2D eigenvalue weighted by molar-refractivity contribution is 7.18. The number of nitrogens with zero attached hydrogens (tertiary/aromatic N) is 2. The van der Waals surface area contributed by atoms with Crippen molar-refractivity contribution < 1.29 is 24.6 Å². The highest BCUT2D eigenvalue weighted by Gasteiger charge is 2.37. The van der Waals surface area contributed by atoms with Gasteiger partial charge in [-0.2, -0.15) is 0 Å². The number of aliphatic hydroxyl groups excluding tert-OH is 1. The molecule has 2 fully saturated rings. The number of aromatic nitrogens is 1. The van der Waals surface area contributed by atoms with Gasteiger partial charge in [0.05, 0.1) is 17.3 Å². The molecule has 2 aliphatic rings. The van der Waals surface area contributed by atoms with E-state index < -0.39 is 5.97 Å². The number of rotatable bonds is 7. The molecule has 3 aromatic rings. The van der Waals surface area contributed by atoms with Crippen molar-refractivity contribution in [1.82, 2.24) is 4.98 Å². The van der Waals surface area contributed by atoms with Crippen LogP contribution < -0.4 is 10.2 Å². The number of hydrogen-bond donors (Lipinski definition) is 3. The first-order chi connectivity index (χ1) is 18.8. The normalized spacial score (nSPS) is 23.2. The number of thiophene rings is 1. The van der Waals surface area contributed by atoms with Gasteiger partial charge in [-0.15, -0.1) is 22.7 Å². The Balaban J connectivity index is 1.44. The molecular weight excluding hydrogens is 534 g/mol. The first-order valence-electron chi connectivity index (χ1n) is 13.5. The fourth-order valence-corrected chi connectivity index (χ4v) is 7.13. The highest BCUT2D eigenvalue weighted by atomic mass is 32.1. The Morgan fingerprint density at radius 2 is 1.69 bits per heavy atom. The SMILES string of the molecule is CC1CCC(C(=O)N(c2cc(-c3ccc(NC(=O)c4cscn4)cc3)sc2C(=O)O)C2CCC(O)CC2)CC1. The first-order valence-corrected chi connectivity index (χ1v) is 15.2. The van der Waals surface area contributed by atoms with Crippen molar-refractivity contribution in [2.24, 2.45) is 11.8 Å². The molecule has 0 radical (unpaired) electrons. The lowest BCUT2D eigenvalue weighted by atomic mass is 9.81. The quantitative estimate of drug-likeness (QED) is 0.309. The van der Waals surface area contributed by atoms with Crippen molar-refractivity contribution >= 4 is 51.8 Å². The summed E-state index contributed by atoms with van der Waals surface area (Å²) >= 11 is 2.51. The molecule has 8 nitrogen and oxygen atoms in total. The molecule has 0 atom stereocenters. The van der Waals surface area contributed by atoms with E-state index in [1.165, 1.54) is 11.3 Å². The van der Waals surface area contributed by atoms with Crippen LogP contribution in [0.2, 0.25) is 0 Å². The first kappa shape index (κ1) is 27.5. The topological polar surface area (TPSA) is 120 Å². The lowest BCUT2D eigenvalue weighted by Crippen LogP contribution is -2.47. The number of carboxylic acids is 1. The number of aliphatic hydroxyl groups is 1. The standard InChI is InChI=1S/C29H33N3O5S2/c1-17-2-4-19(5-3-17)28(35)32(21-10-12-22(33)13-11-21)24-14-25(39-26(24)29(36)37)18-6-8-20(9-7-18)31-27(34)23-15-38-16-30-23/h6-9,14-17,19,21-22,33H,2-5,10-13H2,1H3,(H,31,34)(H,36,37). The van der Waals surface area contributed by atoms with Gasteiger partial charge in [0.25, 0.3) is 5.91 Å². The molecule has 0 spiro atoms. The zero-order valence-corrected chi connectivity index (χ0v) is 23.5. The summed E-state index contributed by atoms with van der Waals surface area (Å²) < 4.78 is 0. The molecule has 0 saturated heterocycles. The van der Waals surface area contributed by atoms with E-state index >= 15 is 0 Å². The molecular formula is C29H33N3O5S2. The summed E-state index contributed by atoms with van der Waals surface area (Å²) in [5.41, 5.74) is 3.82. The molecule has 206 valence electrons. The second-order valence-electron chi connectivity index (χ2n) is 10.7. The summed E-state index contributed by atoms with van der Waals surface area (Å²) in [4.78, 5) is 45.4. The molecule has 0 unspecified atom stereocenters. The van der Waals surface area contributed by atoms with Crippen molar-refractivity contribution in [1.29, 1.82) is 0 Å². The number of benzene rings is 1. The smallest absolute Gasteiger partial charge is 0.348 e. The maximum Gasteiger partial charge on any atom is 0.348 e. The maximum atomic E-state index is 14.0. The van der Waals surface area contributed by atoms with E-state index in [4.69, 9.17) is 0 Å². The van der Waals surface area contributed by atoms with Crippen LogP contribution in [0.5, 0.6) is 0 Å². The van der Waals surface area contributed by atoms with E-state index in [1.807, 2.05) is 18.2 Å². The van der Waals surface area contributed by atoms with Crippen molar-refractivity contribution in [3.05, 3.63) is 51.8 Å². The van der Waals surface area contributed by atoms with E-state index in [2.05, 4.69) is 17.2 Å². The van der Waals surface area contributed by atoms with Crippen molar-refractivity contribution in [3.8, 4) is 10.4 Å². The van der Waals surface area contributed by atoms with Crippen molar-refractivity contribution in [2.75, 3.05) is 10.2 Å². The van der Waals surface area contributed by atoms with E-state index in [0.717, 1.165) is 47.5 Å². The molecule has 2 heterocycles. The molecule has 2 saturated carbocycles. The van der Waals surface area contributed by atoms with Gasteiger partial charge in [-0.25, -0.2) is 9.78 Å². The van der Waals surface area contributed by atoms with Gasteiger partial charge in [-0.1, -0.05) is 19.1 Å². The lowest BCUT2D eigenvalue weighted by molar-refractivity contribution is -0.124. The van der Waals surface area contributed by atoms with Crippen LogP contribution in [0.15, 0.2) is 41.2 Å². The molecule has 2 aromatic heterocycles. The largest absolute Gasteiger partial charge is 0.477 e. The van der Waals surface area contributed by atoms with E-state index in [-0.39, 0.29) is 34.8 Å². The Kier molecular flexibility index (Phi) is 8.44. The van der Waals surface area contributed by atoms with Gasteiger partial charge in [0.15, 0.2) is 0 Å². The number of hydrogen-bond acceptors (Lipinski definition) is 7. The average molecular weight is 568 g/mol. The summed E-state index contributed by atoms with van der Waals surface area (Å²) in [6, 6.07) is 8.91. The molecule has 2 amide bonds. The number of carbonyl (C=O) groups excluding carboxylic acids is 2. The Morgan fingerprint density at radius 3 is 2.31 bits per heavy atom. The van der Waals surface area contributed by atoms with E-state index in [1.54, 1.807) is 27.9 Å². The molecule has 1 aromatic carbocycles. The van der Waals surface area contributed by atoms with Gasteiger partial charge in [-0.05, 0) is 81.0 Å². The average Bonchev–Trinajstić information content (AvgIpc) is 3.62. The lowest BCUT2D eigenvalue weighted by Gasteiger charge is -2.38. The predicted molar refractivity (Wildman–Crippen MR) is 154 cm³/mol. The maximum absolute atomic E-state index is 14.0. The van der Waals surface area contributed by atoms with Gasteiger partial charge < -0.3 is 20.4 Å². The molecule has 5 rings (SSSR count). The van der Waals surface area contributed by atoms with E-state index in [0.29, 0.717) is 48.7 Å². The van der Waals surface area contributed by atoms with Gasteiger partial charge in [-0.3, -0.25) is 9.59 Å². The van der Waals surface area contributed by atoms with Crippen LogP contribution in [-0.2, 0) is 4.79 Å². The molecule has 0 bridgehead atoms. The second kappa shape index (κ2) is 12.0. The number of thiazole rings is 1.